The lowest BCUT2D eigenvalue weighted by Crippen LogP contribution is -2.04. The van der Waals surface area contributed by atoms with Gasteiger partial charge < -0.3 is 5.73 Å². The van der Waals surface area contributed by atoms with E-state index in [4.69, 9.17) is 5.73 Å². The van der Waals surface area contributed by atoms with Crippen LogP contribution in [0.3, 0.4) is 0 Å². The summed E-state index contributed by atoms with van der Waals surface area (Å²) in [5, 5.41) is 7.95. The second-order valence-electron chi connectivity index (χ2n) is 3.47. The highest BCUT2D eigenvalue weighted by Gasteiger charge is 2.10. The first kappa shape index (κ1) is 9.71. The van der Waals surface area contributed by atoms with Crippen molar-refractivity contribution in [2.75, 3.05) is 5.73 Å². The fourth-order valence-electron chi connectivity index (χ4n) is 1.64. The Balaban J connectivity index is 2.59. The van der Waals surface area contributed by atoms with Gasteiger partial charge in [0, 0.05) is 0 Å². The van der Waals surface area contributed by atoms with Gasteiger partial charge >= 0.3 is 0 Å². The summed E-state index contributed by atoms with van der Waals surface area (Å²) in [5.74, 6) is 0.515. The molecular weight excluding hydrogens is 188 g/mol. The van der Waals surface area contributed by atoms with Gasteiger partial charge in [-0.1, -0.05) is 30.3 Å². The first-order valence-electron chi connectivity index (χ1n) is 5.00. The number of nitrogens with zero attached hydrogens (tertiary/aromatic N) is 3. The third-order valence-electron chi connectivity index (χ3n) is 2.47. The summed E-state index contributed by atoms with van der Waals surface area (Å²) in [6.45, 7) is 4.09. The van der Waals surface area contributed by atoms with Crippen LogP contribution in [0.1, 0.15) is 18.2 Å². The minimum absolute atomic E-state index is 0.515. The lowest BCUT2D eigenvalue weighted by Gasteiger charge is -2.07. The van der Waals surface area contributed by atoms with Crippen molar-refractivity contribution in [2.45, 2.75) is 20.3 Å². The molecule has 78 valence electrons. The highest BCUT2D eigenvalue weighted by Crippen LogP contribution is 2.17. The molecule has 0 amide bonds. The molecule has 2 aromatic rings. The number of nitrogens with two attached hydrogens (primary N) is 1. The summed E-state index contributed by atoms with van der Waals surface area (Å²) >= 11 is 0. The van der Waals surface area contributed by atoms with Crippen molar-refractivity contribution in [3.05, 3.63) is 35.5 Å². The lowest BCUT2D eigenvalue weighted by molar-refractivity contribution is 0.763. The molecular formula is C11H14N4. The smallest absolute Gasteiger partial charge is 0.169 e. The van der Waals surface area contributed by atoms with Crippen LogP contribution in [-0.4, -0.2) is 15.0 Å². The molecule has 1 heterocycles. The molecule has 1 aromatic heterocycles. The molecule has 2 N–H and O–H groups in total. The van der Waals surface area contributed by atoms with Crippen molar-refractivity contribution in [3.63, 3.8) is 0 Å². The van der Waals surface area contributed by atoms with Crippen LogP contribution in [0.4, 0.5) is 5.82 Å². The number of anilines is 1. The molecule has 0 unspecified atom stereocenters. The molecule has 0 aliphatic rings. The van der Waals surface area contributed by atoms with Crippen molar-refractivity contribution in [1.29, 1.82) is 0 Å². The molecule has 0 saturated carbocycles. The predicted octanol–water partition coefficient (Wildman–Crippen LogP) is 1.72. The zero-order chi connectivity index (χ0) is 10.8. The number of aromatic nitrogens is 3. The Morgan fingerprint density at radius 1 is 1.33 bits per heavy atom. The lowest BCUT2D eigenvalue weighted by atomic mass is 10.2. The van der Waals surface area contributed by atoms with E-state index < -0.39 is 0 Å². The Hall–Kier alpha value is -1.84. The maximum absolute atomic E-state index is 5.74. The Labute approximate surface area is 88.7 Å². The molecule has 0 saturated heterocycles. The predicted molar refractivity (Wildman–Crippen MR) is 59.9 cm³/mol. The van der Waals surface area contributed by atoms with Crippen LogP contribution in [0.15, 0.2) is 24.3 Å². The summed E-state index contributed by atoms with van der Waals surface area (Å²) < 4.78 is 1.81. The van der Waals surface area contributed by atoms with Crippen molar-refractivity contribution in [3.8, 4) is 5.69 Å². The zero-order valence-corrected chi connectivity index (χ0v) is 8.94. The van der Waals surface area contributed by atoms with E-state index in [0.717, 1.165) is 23.4 Å². The quantitative estimate of drug-likeness (QED) is 0.806. The number of hydrogen-bond donors (Lipinski definition) is 1. The SMILES string of the molecule is CCc1c(N)nnn1-c1ccccc1C. The van der Waals surface area contributed by atoms with Gasteiger partial charge in [0.05, 0.1) is 11.4 Å². The minimum atomic E-state index is 0.515. The molecule has 0 aliphatic carbocycles. The van der Waals surface area contributed by atoms with Gasteiger partial charge in [-0.2, -0.15) is 0 Å². The van der Waals surface area contributed by atoms with E-state index in [9.17, 15) is 0 Å². The van der Waals surface area contributed by atoms with Crippen LogP contribution in [0.25, 0.3) is 5.69 Å². The van der Waals surface area contributed by atoms with Gasteiger partial charge in [-0.15, -0.1) is 5.10 Å². The molecule has 0 spiro atoms. The van der Waals surface area contributed by atoms with Gasteiger partial charge in [0.1, 0.15) is 0 Å². The van der Waals surface area contributed by atoms with Gasteiger partial charge in [0.25, 0.3) is 0 Å². The van der Waals surface area contributed by atoms with E-state index in [-0.39, 0.29) is 0 Å². The van der Waals surface area contributed by atoms with Crippen molar-refractivity contribution in [2.24, 2.45) is 0 Å². The summed E-state index contributed by atoms with van der Waals surface area (Å²) in [6, 6.07) is 8.06. The van der Waals surface area contributed by atoms with Crippen LogP contribution < -0.4 is 5.73 Å². The van der Waals surface area contributed by atoms with Crippen molar-refractivity contribution < 1.29 is 0 Å². The molecule has 2 rings (SSSR count). The van der Waals surface area contributed by atoms with E-state index in [1.165, 1.54) is 0 Å². The largest absolute Gasteiger partial charge is 0.381 e. The number of para-hydroxylation sites is 1. The average molecular weight is 202 g/mol. The number of benzene rings is 1. The highest BCUT2D eigenvalue weighted by molar-refractivity contribution is 5.44. The number of aryl methyl sites for hydroxylation is 1. The van der Waals surface area contributed by atoms with E-state index >= 15 is 0 Å². The Morgan fingerprint density at radius 2 is 2.07 bits per heavy atom. The Morgan fingerprint density at radius 3 is 2.73 bits per heavy atom. The molecule has 1 aromatic carbocycles. The molecule has 0 radical (unpaired) electrons. The molecule has 4 heteroatoms. The third-order valence-corrected chi connectivity index (χ3v) is 2.47. The molecule has 0 aliphatic heterocycles. The monoisotopic (exact) mass is 202 g/mol. The topological polar surface area (TPSA) is 56.7 Å². The fourth-order valence-corrected chi connectivity index (χ4v) is 1.64. The summed E-state index contributed by atoms with van der Waals surface area (Å²) in [6.07, 6.45) is 0.827. The summed E-state index contributed by atoms with van der Waals surface area (Å²) in [7, 11) is 0. The van der Waals surface area contributed by atoms with Gasteiger partial charge in [-0.25, -0.2) is 4.68 Å². The summed E-state index contributed by atoms with van der Waals surface area (Å²) in [5.41, 5.74) is 8.91. The first-order valence-corrected chi connectivity index (χ1v) is 5.00. The summed E-state index contributed by atoms with van der Waals surface area (Å²) in [4.78, 5) is 0. The second kappa shape index (κ2) is 3.73. The number of nitrogen functional groups attached to an aromatic ring is 1. The normalized spacial score (nSPS) is 10.5. The van der Waals surface area contributed by atoms with E-state index in [1.807, 2.05) is 42.8 Å². The Bertz CT molecular complexity index is 473. The van der Waals surface area contributed by atoms with Crippen LogP contribution in [-0.2, 0) is 6.42 Å². The maximum atomic E-state index is 5.74. The highest BCUT2D eigenvalue weighted by atomic mass is 15.4. The Kier molecular flexibility index (Phi) is 2.41. The van der Waals surface area contributed by atoms with Gasteiger partial charge in [-0.05, 0) is 25.0 Å². The number of rotatable bonds is 2. The molecule has 0 bridgehead atoms. The molecule has 0 fully saturated rings. The molecule has 4 nitrogen and oxygen atoms in total. The van der Waals surface area contributed by atoms with Crippen LogP contribution in [0.2, 0.25) is 0 Å². The van der Waals surface area contributed by atoms with Crippen LogP contribution >= 0.6 is 0 Å². The van der Waals surface area contributed by atoms with Gasteiger partial charge in [-0.3, -0.25) is 0 Å². The van der Waals surface area contributed by atoms with Crippen LogP contribution in [0.5, 0.6) is 0 Å². The number of hydrogen-bond acceptors (Lipinski definition) is 3. The van der Waals surface area contributed by atoms with Gasteiger partial charge in [0.2, 0.25) is 0 Å². The third kappa shape index (κ3) is 1.58. The standard InChI is InChI=1S/C11H14N4/c1-3-9-11(12)13-14-15(9)10-7-5-4-6-8(10)2/h4-7H,3,12H2,1-2H3. The van der Waals surface area contributed by atoms with Gasteiger partial charge in [0.15, 0.2) is 5.82 Å². The first-order chi connectivity index (χ1) is 7.24. The molecule has 15 heavy (non-hydrogen) atoms. The zero-order valence-electron chi connectivity index (χ0n) is 8.94. The van der Waals surface area contributed by atoms with Crippen molar-refractivity contribution >= 4 is 5.82 Å². The van der Waals surface area contributed by atoms with E-state index in [1.54, 1.807) is 0 Å². The fraction of sp³-hybridized carbons (Fsp3) is 0.273. The van der Waals surface area contributed by atoms with E-state index in [2.05, 4.69) is 10.3 Å². The minimum Gasteiger partial charge on any atom is -0.381 e. The second-order valence-corrected chi connectivity index (χ2v) is 3.47. The van der Waals surface area contributed by atoms with Crippen LogP contribution in [0, 0.1) is 6.92 Å². The average Bonchev–Trinajstić information content (AvgIpc) is 2.60. The maximum Gasteiger partial charge on any atom is 0.169 e. The molecule has 0 atom stereocenters. The van der Waals surface area contributed by atoms with E-state index in [0.29, 0.717) is 5.82 Å². The van der Waals surface area contributed by atoms with Crippen molar-refractivity contribution in [1.82, 2.24) is 15.0 Å².